The molecule has 1 amide bonds. The number of nitro benzene ring substituents is 1. The number of carbonyl (C=O) groups excluding carboxylic acids is 1. The highest BCUT2D eigenvalue weighted by molar-refractivity contribution is 5.95. The van der Waals surface area contributed by atoms with E-state index < -0.39 is 22.8 Å². The van der Waals surface area contributed by atoms with Crippen LogP contribution in [0.15, 0.2) is 48.7 Å². The average Bonchev–Trinajstić information content (AvgIpc) is 2.55. The van der Waals surface area contributed by atoms with Crippen LogP contribution in [0.2, 0.25) is 0 Å². The second-order valence-corrected chi connectivity index (χ2v) is 4.67. The van der Waals surface area contributed by atoms with E-state index in [2.05, 4.69) is 10.3 Å². The molecule has 0 aliphatic rings. The zero-order valence-electron chi connectivity index (χ0n) is 11.9. The lowest BCUT2D eigenvalue weighted by atomic mass is 10.0. The number of carbonyl (C=O) groups is 2. The van der Waals surface area contributed by atoms with Gasteiger partial charge in [-0.3, -0.25) is 19.9 Å². The highest BCUT2D eigenvalue weighted by atomic mass is 16.6. The Morgan fingerprint density at radius 1 is 1.22 bits per heavy atom. The summed E-state index contributed by atoms with van der Waals surface area (Å²) in [7, 11) is 0. The van der Waals surface area contributed by atoms with Gasteiger partial charge in [0, 0.05) is 24.2 Å². The molecule has 0 fully saturated rings. The maximum absolute atomic E-state index is 12.0. The van der Waals surface area contributed by atoms with Gasteiger partial charge in [-0.05, 0) is 12.1 Å². The second kappa shape index (κ2) is 7.12. The van der Waals surface area contributed by atoms with Gasteiger partial charge in [0.2, 0.25) is 0 Å². The molecule has 0 bridgehead atoms. The molecular formula is C15H13N3O5. The van der Waals surface area contributed by atoms with E-state index in [1.165, 1.54) is 30.5 Å². The second-order valence-electron chi connectivity index (χ2n) is 4.67. The molecule has 8 heteroatoms. The number of aliphatic carboxylic acids is 1. The average molecular weight is 315 g/mol. The summed E-state index contributed by atoms with van der Waals surface area (Å²) < 4.78 is 0. The van der Waals surface area contributed by atoms with Gasteiger partial charge < -0.3 is 10.4 Å². The number of pyridine rings is 1. The van der Waals surface area contributed by atoms with E-state index in [1.54, 1.807) is 18.2 Å². The molecule has 0 radical (unpaired) electrons. The number of nitrogens with one attached hydrogen (secondary N) is 1. The van der Waals surface area contributed by atoms with Crippen molar-refractivity contribution in [1.82, 2.24) is 10.3 Å². The number of carboxylic acid groups (broad SMARTS) is 1. The number of carboxylic acids is 1. The van der Waals surface area contributed by atoms with Gasteiger partial charge in [-0.1, -0.05) is 24.3 Å². The Bertz CT molecular complexity index is 733. The maximum atomic E-state index is 12.0. The number of nitro groups is 1. The number of rotatable bonds is 6. The summed E-state index contributed by atoms with van der Waals surface area (Å²) in [5, 5.41) is 22.6. The fourth-order valence-electron chi connectivity index (χ4n) is 2.01. The number of hydrogen-bond acceptors (Lipinski definition) is 5. The first-order valence-corrected chi connectivity index (χ1v) is 6.66. The Kier molecular flexibility index (Phi) is 4.98. The zero-order valence-corrected chi connectivity index (χ0v) is 11.9. The van der Waals surface area contributed by atoms with Crippen LogP contribution in [0.5, 0.6) is 0 Å². The van der Waals surface area contributed by atoms with Crippen molar-refractivity contribution in [2.75, 3.05) is 0 Å². The number of para-hydroxylation sites is 1. The number of benzene rings is 1. The van der Waals surface area contributed by atoms with Gasteiger partial charge in [-0.25, -0.2) is 4.79 Å². The van der Waals surface area contributed by atoms with Crippen LogP contribution < -0.4 is 5.32 Å². The molecule has 2 rings (SSSR count). The first-order chi connectivity index (χ1) is 11.0. The topological polar surface area (TPSA) is 122 Å². The summed E-state index contributed by atoms with van der Waals surface area (Å²) in [5.41, 5.74) is 0.110. The monoisotopic (exact) mass is 315 g/mol. The van der Waals surface area contributed by atoms with Gasteiger partial charge in [0.15, 0.2) is 0 Å². The molecule has 1 atom stereocenters. The van der Waals surface area contributed by atoms with Crippen molar-refractivity contribution < 1.29 is 19.6 Å². The minimum Gasteiger partial charge on any atom is -0.480 e. The number of hydrogen-bond donors (Lipinski definition) is 2. The molecule has 0 saturated heterocycles. The number of nitrogens with zero attached hydrogens (tertiary/aromatic N) is 2. The number of amides is 1. The first-order valence-electron chi connectivity index (χ1n) is 6.66. The molecule has 0 aliphatic carbocycles. The number of aromatic nitrogens is 1. The Balaban J connectivity index is 2.19. The van der Waals surface area contributed by atoms with Gasteiger partial charge in [0.05, 0.1) is 4.92 Å². The highest BCUT2D eigenvalue weighted by Crippen LogP contribution is 2.19. The van der Waals surface area contributed by atoms with E-state index in [4.69, 9.17) is 0 Å². The smallest absolute Gasteiger partial charge is 0.326 e. The van der Waals surface area contributed by atoms with Gasteiger partial charge >= 0.3 is 5.97 Å². The van der Waals surface area contributed by atoms with Crippen LogP contribution in [0.25, 0.3) is 0 Å². The molecule has 1 aromatic heterocycles. The van der Waals surface area contributed by atoms with Crippen LogP contribution in [0.1, 0.15) is 16.1 Å². The minimum atomic E-state index is -1.30. The van der Waals surface area contributed by atoms with Crippen molar-refractivity contribution in [2.45, 2.75) is 12.5 Å². The lowest BCUT2D eigenvalue weighted by Crippen LogP contribution is -2.42. The predicted molar refractivity (Wildman–Crippen MR) is 79.9 cm³/mol. The quantitative estimate of drug-likeness (QED) is 0.614. The summed E-state index contributed by atoms with van der Waals surface area (Å²) >= 11 is 0. The third-order valence-electron chi connectivity index (χ3n) is 3.11. The van der Waals surface area contributed by atoms with E-state index in [1.807, 2.05) is 0 Å². The van der Waals surface area contributed by atoms with Crippen molar-refractivity contribution in [1.29, 1.82) is 0 Å². The van der Waals surface area contributed by atoms with Gasteiger partial charge in [0.1, 0.15) is 11.7 Å². The molecule has 0 aliphatic heterocycles. The fourth-order valence-corrected chi connectivity index (χ4v) is 2.01. The third-order valence-corrected chi connectivity index (χ3v) is 3.11. The molecule has 0 saturated carbocycles. The van der Waals surface area contributed by atoms with Crippen LogP contribution in [-0.4, -0.2) is 32.9 Å². The van der Waals surface area contributed by atoms with Gasteiger partial charge in [0.25, 0.3) is 11.6 Å². The van der Waals surface area contributed by atoms with Crippen molar-refractivity contribution in [3.63, 3.8) is 0 Å². The standard InChI is InChI=1S/C15H13N3O5/c19-14(11-6-3-4-8-16-11)17-12(15(20)21)9-10-5-1-2-7-13(10)18(22)23/h1-8,12H,9H2,(H,17,19)(H,20,21)/t12-/m1/s1. The summed E-state index contributed by atoms with van der Waals surface area (Å²) in [6.45, 7) is 0. The molecule has 2 N–H and O–H groups in total. The normalized spacial score (nSPS) is 11.5. The molecule has 1 aromatic carbocycles. The van der Waals surface area contributed by atoms with Crippen molar-refractivity contribution >= 4 is 17.6 Å². The predicted octanol–water partition coefficient (Wildman–Crippen LogP) is 1.42. The lowest BCUT2D eigenvalue weighted by molar-refractivity contribution is -0.385. The van der Waals surface area contributed by atoms with Gasteiger partial charge in [-0.2, -0.15) is 0 Å². The van der Waals surface area contributed by atoms with E-state index in [0.29, 0.717) is 0 Å². The van der Waals surface area contributed by atoms with Gasteiger partial charge in [-0.15, -0.1) is 0 Å². The summed E-state index contributed by atoms with van der Waals surface area (Å²) in [4.78, 5) is 37.6. The molecule has 8 nitrogen and oxygen atoms in total. The van der Waals surface area contributed by atoms with Crippen LogP contribution in [0.3, 0.4) is 0 Å². The van der Waals surface area contributed by atoms with Crippen molar-refractivity contribution in [3.8, 4) is 0 Å². The Hall–Kier alpha value is -3.29. The first kappa shape index (κ1) is 16.1. The van der Waals surface area contributed by atoms with Crippen molar-refractivity contribution in [2.24, 2.45) is 0 Å². The molecular weight excluding hydrogens is 302 g/mol. The lowest BCUT2D eigenvalue weighted by Gasteiger charge is -2.14. The Morgan fingerprint density at radius 2 is 1.91 bits per heavy atom. The Labute approximate surface area is 130 Å². The SMILES string of the molecule is O=C(N[C@H](Cc1ccccc1[N+](=O)[O-])C(=O)O)c1ccccn1. The molecule has 2 aromatic rings. The van der Waals surface area contributed by atoms with E-state index >= 15 is 0 Å². The molecule has 0 spiro atoms. The van der Waals surface area contributed by atoms with Crippen LogP contribution >= 0.6 is 0 Å². The molecule has 118 valence electrons. The highest BCUT2D eigenvalue weighted by Gasteiger charge is 2.25. The van der Waals surface area contributed by atoms with E-state index in [9.17, 15) is 24.8 Å². The zero-order chi connectivity index (χ0) is 16.8. The van der Waals surface area contributed by atoms with Crippen LogP contribution in [0.4, 0.5) is 5.69 Å². The third kappa shape index (κ3) is 4.10. The Morgan fingerprint density at radius 3 is 2.52 bits per heavy atom. The molecule has 23 heavy (non-hydrogen) atoms. The van der Waals surface area contributed by atoms with Crippen molar-refractivity contribution in [3.05, 3.63) is 70.0 Å². The fraction of sp³-hybridized carbons (Fsp3) is 0.133. The summed E-state index contributed by atoms with van der Waals surface area (Å²) in [5.74, 6) is -1.94. The van der Waals surface area contributed by atoms with Crippen LogP contribution in [-0.2, 0) is 11.2 Å². The van der Waals surface area contributed by atoms with E-state index in [0.717, 1.165) is 0 Å². The maximum Gasteiger partial charge on any atom is 0.326 e. The largest absolute Gasteiger partial charge is 0.480 e. The molecule has 0 unspecified atom stereocenters. The molecule has 1 heterocycles. The van der Waals surface area contributed by atoms with E-state index in [-0.39, 0.29) is 23.4 Å². The summed E-state index contributed by atoms with van der Waals surface area (Å²) in [6.07, 6.45) is 1.21. The minimum absolute atomic E-state index is 0.0707. The van der Waals surface area contributed by atoms with Crippen LogP contribution in [0, 0.1) is 10.1 Å². The summed E-state index contributed by atoms with van der Waals surface area (Å²) in [6, 6.07) is 9.17.